The van der Waals surface area contributed by atoms with Gasteiger partial charge in [0.15, 0.2) is 17.8 Å². The summed E-state index contributed by atoms with van der Waals surface area (Å²) in [5.74, 6) is 1.78. The van der Waals surface area contributed by atoms with Crippen molar-refractivity contribution in [2.75, 3.05) is 5.73 Å². The zero-order valence-electron chi connectivity index (χ0n) is 13.1. The van der Waals surface area contributed by atoms with Crippen LogP contribution in [0.1, 0.15) is 18.9 Å². The van der Waals surface area contributed by atoms with Crippen molar-refractivity contribution in [3.8, 4) is 17.3 Å². The fourth-order valence-electron chi connectivity index (χ4n) is 2.32. The molecule has 1 atom stereocenters. The van der Waals surface area contributed by atoms with Gasteiger partial charge in [0.2, 0.25) is 5.88 Å². The van der Waals surface area contributed by atoms with E-state index in [0.29, 0.717) is 32.7 Å². The molecule has 0 radical (unpaired) electrons. The molecule has 8 heteroatoms. The van der Waals surface area contributed by atoms with Crippen LogP contribution in [0.2, 0.25) is 5.02 Å². The van der Waals surface area contributed by atoms with Crippen LogP contribution in [0, 0.1) is 0 Å². The third-order valence-corrected chi connectivity index (χ3v) is 4.40. The maximum atomic E-state index is 6.24. The zero-order chi connectivity index (χ0) is 17.3. The molecule has 124 valence electrons. The lowest BCUT2D eigenvalue weighted by Gasteiger charge is -2.15. The smallest absolute Gasteiger partial charge is 0.228 e. The summed E-state index contributed by atoms with van der Waals surface area (Å²) in [6.45, 7) is 1.88. The number of nitrogen functional groups attached to an aromatic ring is 1. The van der Waals surface area contributed by atoms with Crippen molar-refractivity contribution in [3.05, 3.63) is 51.8 Å². The van der Waals surface area contributed by atoms with Crippen molar-refractivity contribution in [3.63, 3.8) is 0 Å². The van der Waals surface area contributed by atoms with E-state index in [-0.39, 0.29) is 6.10 Å². The van der Waals surface area contributed by atoms with Crippen LogP contribution < -0.4 is 10.5 Å². The molecule has 0 saturated heterocycles. The highest BCUT2D eigenvalue weighted by Gasteiger charge is 2.20. The predicted molar refractivity (Wildman–Crippen MR) is 96.8 cm³/mol. The fraction of sp³-hybridized carbons (Fsp3) is 0.188. The normalized spacial score (nSPS) is 12.2. The second-order valence-corrected chi connectivity index (χ2v) is 6.50. The van der Waals surface area contributed by atoms with E-state index in [2.05, 4.69) is 31.1 Å². The van der Waals surface area contributed by atoms with Gasteiger partial charge in [0.05, 0.1) is 21.4 Å². The average Bonchev–Trinajstić information content (AvgIpc) is 2.92. The molecule has 2 heterocycles. The molecule has 0 aliphatic heterocycles. The lowest BCUT2D eigenvalue weighted by atomic mass is 10.2. The van der Waals surface area contributed by atoms with Gasteiger partial charge in [-0.1, -0.05) is 23.7 Å². The molecule has 2 aromatic heterocycles. The highest BCUT2D eigenvalue weighted by molar-refractivity contribution is 9.10. The number of anilines is 1. The van der Waals surface area contributed by atoms with Crippen LogP contribution in [-0.2, 0) is 7.05 Å². The molecule has 0 fully saturated rings. The summed E-state index contributed by atoms with van der Waals surface area (Å²) in [4.78, 5) is 4.18. The van der Waals surface area contributed by atoms with Crippen molar-refractivity contribution in [1.82, 2.24) is 19.7 Å². The molecule has 3 aromatic rings. The number of aromatic nitrogens is 4. The van der Waals surface area contributed by atoms with Crippen LogP contribution in [0.5, 0.6) is 5.88 Å². The number of rotatable bonds is 4. The number of hydrogen-bond donors (Lipinski definition) is 1. The first-order valence-corrected chi connectivity index (χ1v) is 8.36. The van der Waals surface area contributed by atoms with Gasteiger partial charge in [-0.25, -0.2) is 4.98 Å². The third kappa shape index (κ3) is 3.22. The van der Waals surface area contributed by atoms with Crippen LogP contribution in [0.25, 0.3) is 11.4 Å². The Bertz CT molecular complexity index is 883. The second kappa shape index (κ2) is 6.78. The number of benzene rings is 1. The lowest BCUT2D eigenvalue weighted by molar-refractivity contribution is 0.202. The quantitative estimate of drug-likeness (QED) is 0.705. The number of nitrogens with zero attached hydrogens (tertiary/aromatic N) is 4. The second-order valence-electron chi connectivity index (χ2n) is 5.24. The van der Waals surface area contributed by atoms with Gasteiger partial charge < -0.3 is 15.0 Å². The summed E-state index contributed by atoms with van der Waals surface area (Å²) >= 11 is 9.63. The van der Waals surface area contributed by atoms with Crippen LogP contribution in [0.3, 0.4) is 0 Å². The number of nitrogens with two attached hydrogens (primary N) is 1. The predicted octanol–water partition coefficient (Wildman–Crippen LogP) is 4.02. The van der Waals surface area contributed by atoms with Gasteiger partial charge in [0.25, 0.3) is 0 Å². The Labute approximate surface area is 152 Å². The largest absolute Gasteiger partial charge is 0.466 e. The van der Waals surface area contributed by atoms with Crippen LogP contribution in [-0.4, -0.2) is 19.7 Å². The van der Waals surface area contributed by atoms with Crippen molar-refractivity contribution in [1.29, 1.82) is 0 Å². The molecule has 1 aromatic carbocycles. The van der Waals surface area contributed by atoms with E-state index in [1.54, 1.807) is 12.3 Å². The highest BCUT2D eigenvalue weighted by Crippen LogP contribution is 2.30. The fourth-order valence-corrected chi connectivity index (χ4v) is 3.00. The molecule has 0 unspecified atom stereocenters. The average molecular weight is 409 g/mol. The topological polar surface area (TPSA) is 78.8 Å². The van der Waals surface area contributed by atoms with Gasteiger partial charge in [-0.15, -0.1) is 10.2 Å². The Balaban J connectivity index is 1.89. The summed E-state index contributed by atoms with van der Waals surface area (Å²) < 4.78 is 8.42. The molecule has 0 aliphatic rings. The molecule has 24 heavy (non-hydrogen) atoms. The van der Waals surface area contributed by atoms with Crippen LogP contribution in [0.4, 0.5) is 5.69 Å². The van der Waals surface area contributed by atoms with Gasteiger partial charge in [0, 0.05) is 12.6 Å². The standard InChI is InChI=1S/C16H15BrClN5O/c1-9(24-16-12(17)7-10(19)8-20-16)14-21-22-15(23(14)2)11-5-3-4-6-13(11)18/h3-9H,19H2,1-2H3/t9-/m0/s1. The molecule has 0 amide bonds. The maximum absolute atomic E-state index is 6.24. The Hall–Kier alpha value is -2.12. The minimum atomic E-state index is -0.355. The number of hydrogen-bond acceptors (Lipinski definition) is 5. The molecule has 0 saturated carbocycles. The van der Waals surface area contributed by atoms with Gasteiger partial charge in [0.1, 0.15) is 0 Å². The molecule has 0 aliphatic carbocycles. The lowest BCUT2D eigenvalue weighted by Crippen LogP contribution is -2.11. The summed E-state index contributed by atoms with van der Waals surface area (Å²) in [5.41, 5.74) is 7.06. The Kier molecular flexibility index (Phi) is 4.73. The van der Waals surface area contributed by atoms with Crippen molar-refractivity contribution < 1.29 is 4.74 Å². The van der Waals surface area contributed by atoms with Gasteiger partial charge in [-0.05, 0) is 41.1 Å². The number of pyridine rings is 1. The van der Waals surface area contributed by atoms with Gasteiger partial charge in [-0.3, -0.25) is 0 Å². The number of ether oxygens (including phenoxy) is 1. The first kappa shape index (κ1) is 16.7. The summed E-state index contributed by atoms with van der Waals surface area (Å²) in [6, 6.07) is 9.24. The van der Waals surface area contributed by atoms with Crippen molar-refractivity contribution in [2.24, 2.45) is 7.05 Å². The van der Waals surface area contributed by atoms with E-state index in [1.807, 2.05) is 42.8 Å². The first-order valence-electron chi connectivity index (χ1n) is 7.19. The van der Waals surface area contributed by atoms with Crippen LogP contribution >= 0.6 is 27.5 Å². The summed E-state index contributed by atoms with van der Waals surface area (Å²) in [5, 5.41) is 9.10. The van der Waals surface area contributed by atoms with E-state index in [9.17, 15) is 0 Å². The van der Waals surface area contributed by atoms with Crippen molar-refractivity contribution in [2.45, 2.75) is 13.0 Å². The van der Waals surface area contributed by atoms with E-state index in [0.717, 1.165) is 5.56 Å². The highest BCUT2D eigenvalue weighted by atomic mass is 79.9. The van der Waals surface area contributed by atoms with E-state index < -0.39 is 0 Å². The first-order chi connectivity index (χ1) is 11.5. The molecular weight excluding hydrogens is 394 g/mol. The SMILES string of the molecule is C[C@H](Oc1ncc(N)cc1Br)c1nnc(-c2ccccc2Cl)n1C. The molecule has 2 N–H and O–H groups in total. The van der Waals surface area contributed by atoms with Crippen molar-refractivity contribution >= 4 is 33.2 Å². The number of halogens is 2. The Morgan fingerprint density at radius 2 is 2.04 bits per heavy atom. The van der Waals surface area contributed by atoms with Crippen LogP contribution in [0.15, 0.2) is 41.0 Å². The molecule has 0 spiro atoms. The minimum Gasteiger partial charge on any atom is -0.466 e. The molecule has 6 nitrogen and oxygen atoms in total. The third-order valence-electron chi connectivity index (χ3n) is 3.50. The van der Waals surface area contributed by atoms with E-state index >= 15 is 0 Å². The Morgan fingerprint density at radius 1 is 1.29 bits per heavy atom. The van der Waals surface area contributed by atoms with E-state index in [1.165, 1.54) is 0 Å². The zero-order valence-corrected chi connectivity index (χ0v) is 15.4. The summed E-state index contributed by atoms with van der Waals surface area (Å²) in [7, 11) is 1.87. The van der Waals surface area contributed by atoms with Gasteiger partial charge in [-0.2, -0.15) is 0 Å². The van der Waals surface area contributed by atoms with E-state index in [4.69, 9.17) is 22.1 Å². The van der Waals surface area contributed by atoms with Gasteiger partial charge >= 0.3 is 0 Å². The molecular formula is C16H15BrClN5O. The summed E-state index contributed by atoms with van der Waals surface area (Å²) in [6.07, 6.45) is 1.18. The maximum Gasteiger partial charge on any atom is 0.228 e. The molecule has 3 rings (SSSR count). The monoisotopic (exact) mass is 407 g/mol. The molecule has 0 bridgehead atoms. The Morgan fingerprint density at radius 3 is 2.75 bits per heavy atom. The minimum absolute atomic E-state index is 0.355.